The number of nitrogen functional groups attached to an aromatic ring is 1. The van der Waals surface area contributed by atoms with Gasteiger partial charge in [-0.2, -0.15) is 9.97 Å². The normalized spacial score (nSPS) is 21.3. The first-order valence-corrected chi connectivity index (χ1v) is 5.57. The Bertz CT molecular complexity index is 524. The van der Waals surface area contributed by atoms with Crippen LogP contribution < -0.4 is 10.5 Å². The van der Waals surface area contributed by atoms with Gasteiger partial charge in [0, 0.05) is 18.8 Å². The molecule has 1 aromatic heterocycles. The van der Waals surface area contributed by atoms with E-state index in [0.717, 1.165) is 0 Å². The highest BCUT2D eigenvalue weighted by molar-refractivity contribution is 5.57. The molecule has 1 saturated carbocycles. The van der Waals surface area contributed by atoms with Crippen molar-refractivity contribution in [2.45, 2.75) is 31.1 Å². The number of aromatic nitrogens is 2. The zero-order valence-corrected chi connectivity index (χ0v) is 10.1. The lowest BCUT2D eigenvalue weighted by atomic mass is 10.0. The van der Waals surface area contributed by atoms with E-state index in [1.807, 2.05) is 0 Å². The second-order valence-electron chi connectivity index (χ2n) is 4.38. The second kappa shape index (κ2) is 4.56. The molecule has 0 amide bonds. The molecule has 0 aliphatic heterocycles. The Hall–Kier alpha value is -2.06. The van der Waals surface area contributed by atoms with Crippen LogP contribution in [-0.2, 0) is 0 Å². The van der Waals surface area contributed by atoms with Crippen molar-refractivity contribution in [3.63, 3.8) is 0 Å². The molecule has 2 rings (SSSR count). The van der Waals surface area contributed by atoms with Crippen LogP contribution >= 0.6 is 0 Å². The van der Waals surface area contributed by atoms with Crippen LogP contribution in [0, 0.1) is 10.1 Å². The van der Waals surface area contributed by atoms with Crippen LogP contribution in [0.1, 0.15) is 30.9 Å². The molecule has 0 saturated heterocycles. The quantitative estimate of drug-likeness (QED) is 0.666. The van der Waals surface area contributed by atoms with E-state index in [1.54, 1.807) is 0 Å². The smallest absolute Gasteiger partial charge is 0.332 e. The molecular formula is C10H12F2N4O3. The minimum atomic E-state index is -2.83. The van der Waals surface area contributed by atoms with E-state index in [-0.39, 0.29) is 30.4 Å². The number of alkyl halides is 2. The van der Waals surface area contributed by atoms with Crippen molar-refractivity contribution in [1.29, 1.82) is 0 Å². The maximum absolute atomic E-state index is 13.2. The van der Waals surface area contributed by atoms with Crippen molar-refractivity contribution in [3.8, 4) is 6.01 Å². The third-order valence-electron chi connectivity index (χ3n) is 3.07. The lowest BCUT2D eigenvalue weighted by molar-refractivity contribution is -0.385. The van der Waals surface area contributed by atoms with Gasteiger partial charge in [-0.05, 0) is 6.42 Å². The van der Waals surface area contributed by atoms with Crippen LogP contribution in [0.4, 0.5) is 20.3 Å². The third kappa shape index (κ3) is 2.54. The first kappa shape index (κ1) is 13.4. The van der Waals surface area contributed by atoms with Gasteiger partial charge in [0.05, 0.1) is 12.0 Å². The molecule has 1 unspecified atom stereocenters. The topological polar surface area (TPSA) is 104 Å². The molecule has 0 aromatic carbocycles. The largest absolute Gasteiger partial charge is 0.467 e. The molecule has 1 atom stereocenters. The summed E-state index contributed by atoms with van der Waals surface area (Å²) in [7, 11) is 1.27. The zero-order valence-electron chi connectivity index (χ0n) is 10.1. The summed E-state index contributed by atoms with van der Waals surface area (Å²) in [5, 5.41) is 11.0. The second-order valence-corrected chi connectivity index (χ2v) is 4.38. The molecule has 1 aromatic rings. The first-order chi connectivity index (χ1) is 8.84. The predicted octanol–water partition coefficient (Wildman–Crippen LogP) is 1.88. The molecule has 0 radical (unpaired) electrons. The first-order valence-electron chi connectivity index (χ1n) is 5.57. The highest BCUT2D eigenvalue weighted by atomic mass is 19.3. The molecule has 9 heteroatoms. The third-order valence-corrected chi connectivity index (χ3v) is 3.07. The predicted molar refractivity (Wildman–Crippen MR) is 61.2 cm³/mol. The van der Waals surface area contributed by atoms with Gasteiger partial charge >= 0.3 is 11.7 Å². The molecule has 104 valence electrons. The van der Waals surface area contributed by atoms with E-state index in [9.17, 15) is 18.9 Å². The van der Waals surface area contributed by atoms with E-state index in [0.29, 0.717) is 0 Å². The van der Waals surface area contributed by atoms with Gasteiger partial charge in [-0.15, -0.1) is 0 Å². The zero-order chi connectivity index (χ0) is 14.2. The lowest BCUT2D eigenvalue weighted by Crippen LogP contribution is -2.12. The van der Waals surface area contributed by atoms with Gasteiger partial charge in [0.2, 0.25) is 11.7 Å². The van der Waals surface area contributed by atoms with Gasteiger partial charge in [0.25, 0.3) is 0 Å². The van der Waals surface area contributed by atoms with Gasteiger partial charge in [0.15, 0.2) is 0 Å². The van der Waals surface area contributed by atoms with E-state index < -0.39 is 28.9 Å². The number of hydrogen-bond donors (Lipinski definition) is 1. The SMILES string of the molecule is COc1nc(N)c([N+](=O)[O-])c(C2CCC(F)(F)C2)n1. The Labute approximate surface area is 106 Å². The van der Waals surface area contributed by atoms with Crippen LogP contribution in [0.3, 0.4) is 0 Å². The number of rotatable bonds is 3. The summed E-state index contributed by atoms with van der Waals surface area (Å²) in [5.74, 6) is -3.91. The highest BCUT2D eigenvalue weighted by Crippen LogP contribution is 2.46. The monoisotopic (exact) mass is 274 g/mol. The molecule has 1 heterocycles. The summed E-state index contributed by atoms with van der Waals surface area (Å²) in [5.41, 5.74) is 4.89. The van der Waals surface area contributed by atoms with Gasteiger partial charge in [-0.3, -0.25) is 10.1 Å². The van der Waals surface area contributed by atoms with Crippen molar-refractivity contribution in [3.05, 3.63) is 15.8 Å². The fraction of sp³-hybridized carbons (Fsp3) is 0.600. The summed E-state index contributed by atoms with van der Waals surface area (Å²) in [6.07, 6.45) is -0.679. The average molecular weight is 274 g/mol. The minimum Gasteiger partial charge on any atom is -0.467 e. The average Bonchev–Trinajstić information content (AvgIpc) is 2.67. The summed E-state index contributed by atoms with van der Waals surface area (Å²) < 4.78 is 31.2. The highest BCUT2D eigenvalue weighted by Gasteiger charge is 2.43. The summed E-state index contributed by atoms with van der Waals surface area (Å²) >= 11 is 0. The molecule has 2 N–H and O–H groups in total. The summed E-state index contributed by atoms with van der Waals surface area (Å²) in [6, 6.07) is -0.159. The fourth-order valence-electron chi connectivity index (χ4n) is 2.21. The number of methoxy groups -OCH3 is 1. The van der Waals surface area contributed by atoms with E-state index in [2.05, 4.69) is 9.97 Å². The summed E-state index contributed by atoms with van der Waals surface area (Å²) in [4.78, 5) is 17.7. The standard InChI is InChI=1S/C10H12F2N4O3/c1-19-9-14-6(5-2-3-10(11,12)4-5)7(16(17)18)8(13)15-9/h5H,2-4H2,1H3,(H2,13,14,15). The van der Waals surface area contributed by atoms with Crippen LogP contribution in [0.15, 0.2) is 0 Å². The van der Waals surface area contributed by atoms with E-state index >= 15 is 0 Å². The number of nitro groups is 1. The molecule has 1 fully saturated rings. The molecule has 1 aliphatic rings. The van der Waals surface area contributed by atoms with Crippen molar-refractivity contribution in [1.82, 2.24) is 9.97 Å². The molecule has 7 nitrogen and oxygen atoms in total. The van der Waals surface area contributed by atoms with Gasteiger partial charge in [-0.1, -0.05) is 0 Å². The Morgan fingerprint density at radius 1 is 1.53 bits per heavy atom. The maximum atomic E-state index is 13.2. The Kier molecular flexibility index (Phi) is 3.21. The fourth-order valence-corrected chi connectivity index (χ4v) is 2.21. The minimum absolute atomic E-state index is 0.0773. The number of nitrogens with zero attached hydrogens (tertiary/aromatic N) is 3. The van der Waals surface area contributed by atoms with Crippen molar-refractivity contribution in [2.24, 2.45) is 0 Å². The molecule has 19 heavy (non-hydrogen) atoms. The van der Waals surface area contributed by atoms with E-state index in [4.69, 9.17) is 10.5 Å². The van der Waals surface area contributed by atoms with Gasteiger partial charge < -0.3 is 10.5 Å². The Morgan fingerprint density at radius 3 is 2.68 bits per heavy atom. The summed E-state index contributed by atoms with van der Waals surface area (Å²) in [6.45, 7) is 0. The lowest BCUT2D eigenvalue weighted by Gasteiger charge is -2.12. The number of anilines is 1. The molecule has 0 bridgehead atoms. The van der Waals surface area contributed by atoms with Gasteiger partial charge in [-0.25, -0.2) is 8.78 Å². The number of halogens is 2. The number of hydrogen-bond acceptors (Lipinski definition) is 6. The molecular weight excluding hydrogens is 262 g/mol. The molecule has 0 spiro atoms. The maximum Gasteiger partial charge on any atom is 0.332 e. The number of nitrogens with two attached hydrogens (primary N) is 1. The Balaban J connectivity index is 2.48. The number of ether oxygens (including phenoxy) is 1. The van der Waals surface area contributed by atoms with Crippen LogP contribution in [0.5, 0.6) is 6.01 Å². The van der Waals surface area contributed by atoms with Gasteiger partial charge in [0.1, 0.15) is 5.69 Å². The van der Waals surface area contributed by atoms with E-state index in [1.165, 1.54) is 7.11 Å². The Morgan fingerprint density at radius 2 is 2.21 bits per heavy atom. The van der Waals surface area contributed by atoms with Crippen molar-refractivity contribution in [2.75, 3.05) is 12.8 Å². The van der Waals surface area contributed by atoms with Crippen molar-refractivity contribution < 1.29 is 18.4 Å². The molecule has 1 aliphatic carbocycles. The van der Waals surface area contributed by atoms with Crippen LogP contribution in [0.25, 0.3) is 0 Å². The van der Waals surface area contributed by atoms with Crippen molar-refractivity contribution >= 4 is 11.5 Å². The van der Waals surface area contributed by atoms with Crippen LogP contribution in [-0.4, -0.2) is 27.9 Å². The van der Waals surface area contributed by atoms with Crippen LogP contribution in [0.2, 0.25) is 0 Å².